The predicted octanol–water partition coefficient (Wildman–Crippen LogP) is 14.3. The van der Waals surface area contributed by atoms with Crippen molar-refractivity contribution in [1.82, 2.24) is 19.8 Å². The highest BCUT2D eigenvalue weighted by molar-refractivity contribution is 6.22. The molecule has 10 aromatic rings. The zero-order chi connectivity index (χ0) is 42.4. The molecule has 3 heterocycles. The van der Waals surface area contributed by atoms with Gasteiger partial charge < -0.3 is 14.5 Å². The molecule has 2 aliphatic rings. The molecule has 2 N–H and O–H groups in total. The Hall–Kier alpha value is -7.99. The molecule has 0 bridgehead atoms. The lowest BCUT2D eigenvalue weighted by Crippen LogP contribution is -2.45. The zero-order valence-corrected chi connectivity index (χ0v) is 34.5. The Morgan fingerprint density at radius 1 is 0.508 bits per heavy atom. The lowest BCUT2D eigenvalue weighted by molar-refractivity contribution is 0.460. The number of hydrogen-bond acceptors (Lipinski definition) is 2. The van der Waals surface area contributed by atoms with E-state index in [0.717, 1.165) is 44.7 Å². The summed E-state index contributed by atoms with van der Waals surface area (Å²) in [6.07, 6.45) is 11.9. The summed E-state index contributed by atoms with van der Waals surface area (Å²) < 4.78 is 18.7. The van der Waals surface area contributed by atoms with Crippen LogP contribution < -0.4 is 10.6 Å². The van der Waals surface area contributed by atoms with Gasteiger partial charge in [-0.05, 0) is 111 Å². The molecule has 63 heavy (non-hydrogen) atoms. The lowest BCUT2D eigenvalue weighted by atomic mass is 9.92. The molecule has 0 spiro atoms. The molecule has 12 rings (SSSR count). The van der Waals surface area contributed by atoms with Gasteiger partial charge >= 0.3 is 0 Å². The van der Waals surface area contributed by atoms with Crippen LogP contribution in [0.3, 0.4) is 0 Å². The minimum atomic E-state index is -0.242. The van der Waals surface area contributed by atoms with E-state index in [0.29, 0.717) is 0 Å². The summed E-state index contributed by atoms with van der Waals surface area (Å²) in [6, 6.07) is 61.8. The van der Waals surface area contributed by atoms with Gasteiger partial charge in [0.1, 0.15) is 12.0 Å². The van der Waals surface area contributed by atoms with E-state index in [1.54, 1.807) is 12.2 Å². The van der Waals surface area contributed by atoms with Gasteiger partial charge in [0.25, 0.3) is 0 Å². The van der Waals surface area contributed by atoms with Gasteiger partial charge in [-0.3, -0.25) is 5.32 Å². The molecule has 2 atom stereocenters. The van der Waals surface area contributed by atoms with Crippen LogP contribution in [0, 0.1) is 5.82 Å². The van der Waals surface area contributed by atoms with Crippen LogP contribution in [-0.2, 0) is 0 Å². The second-order valence-electron chi connectivity index (χ2n) is 16.0. The molecule has 0 amide bonds. The maximum absolute atomic E-state index is 14.1. The van der Waals surface area contributed by atoms with E-state index in [1.807, 2.05) is 12.1 Å². The van der Waals surface area contributed by atoms with Crippen molar-refractivity contribution in [2.24, 2.45) is 0 Å². The Balaban J connectivity index is 0.00000107. The van der Waals surface area contributed by atoms with E-state index in [9.17, 15) is 4.39 Å². The first-order valence-electron chi connectivity index (χ1n) is 21.3. The summed E-state index contributed by atoms with van der Waals surface area (Å²) >= 11 is 0. The fourth-order valence-corrected chi connectivity index (χ4v) is 9.49. The third-order valence-corrected chi connectivity index (χ3v) is 12.4. The Labute approximate surface area is 365 Å². The van der Waals surface area contributed by atoms with E-state index < -0.39 is 0 Å². The summed E-state index contributed by atoms with van der Waals surface area (Å²) in [5.74, 6) is -0.242. The highest BCUT2D eigenvalue weighted by atomic mass is 19.1. The van der Waals surface area contributed by atoms with Gasteiger partial charge in [-0.25, -0.2) is 4.39 Å². The molecule has 2 unspecified atom stereocenters. The monoisotopic (exact) mass is 814 g/mol. The average molecular weight is 815 g/mol. The maximum atomic E-state index is 14.1. The van der Waals surface area contributed by atoms with Crippen molar-refractivity contribution in [3.8, 4) is 22.5 Å². The van der Waals surface area contributed by atoms with E-state index in [4.69, 9.17) is 0 Å². The smallest absolute Gasteiger partial charge is 0.123 e. The highest BCUT2D eigenvalue weighted by Crippen LogP contribution is 2.41. The summed E-state index contributed by atoms with van der Waals surface area (Å²) in [7, 11) is 0. The van der Waals surface area contributed by atoms with Crippen LogP contribution in [0.15, 0.2) is 231 Å². The van der Waals surface area contributed by atoms with Gasteiger partial charge in [-0.1, -0.05) is 153 Å². The van der Waals surface area contributed by atoms with Crippen molar-refractivity contribution in [2.45, 2.75) is 12.2 Å². The lowest BCUT2D eigenvalue weighted by Gasteiger charge is -2.36. The molecule has 8 aromatic carbocycles. The van der Waals surface area contributed by atoms with Gasteiger partial charge in [0.15, 0.2) is 0 Å². The van der Waals surface area contributed by atoms with Crippen LogP contribution in [0.2, 0.25) is 0 Å². The molecule has 5 heteroatoms. The van der Waals surface area contributed by atoms with Crippen LogP contribution >= 0.6 is 0 Å². The van der Waals surface area contributed by atoms with Crippen LogP contribution in [0.1, 0.15) is 17.3 Å². The predicted molar refractivity (Wildman–Crippen MR) is 263 cm³/mol. The normalized spacial score (nSPS) is 15.7. The Kier molecular flexibility index (Phi) is 9.52. The number of para-hydroxylation sites is 1. The van der Waals surface area contributed by atoms with Gasteiger partial charge in [-0.2, -0.15) is 0 Å². The largest absolute Gasteiger partial charge is 0.365 e. The first kappa shape index (κ1) is 38.0. The topological polar surface area (TPSA) is 33.9 Å². The van der Waals surface area contributed by atoms with Crippen LogP contribution in [0.25, 0.3) is 82.6 Å². The number of nitrogens with zero attached hydrogens (tertiary/aromatic N) is 2. The maximum Gasteiger partial charge on any atom is 0.123 e. The number of rotatable bonds is 6. The van der Waals surface area contributed by atoms with Crippen molar-refractivity contribution >= 4 is 60.1 Å². The van der Waals surface area contributed by atoms with E-state index in [2.05, 4.69) is 209 Å². The SMILES string of the molecule is C=CC=C.Fc1ccc(-n2c3ccc(-c4ccc5c(c4)c4ccccc4n5-c4ccc(C5NC(c6ccccc6)=C6C=CC=CC6N5)cc4)cc3c3c4ccccc4ccc32)cc1. The fourth-order valence-electron chi connectivity index (χ4n) is 9.49. The van der Waals surface area contributed by atoms with Gasteiger partial charge in [0.2, 0.25) is 0 Å². The quantitative estimate of drug-likeness (QED) is 0.164. The Morgan fingerprint density at radius 2 is 1.11 bits per heavy atom. The van der Waals surface area contributed by atoms with Crippen molar-refractivity contribution in [2.75, 3.05) is 0 Å². The average Bonchev–Trinajstić information content (AvgIpc) is 3.87. The molecular weight excluding hydrogens is 772 g/mol. The number of nitrogens with one attached hydrogen (secondary N) is 2. The van der Waals surface area contributed by atoms with Crippen molar-refractivity contribution < 1.29 is 4.39 Å². The van der Waals surface area contributed by atoms with Crippen LogP contribution in [-0.4, -0.2) is 15.2 Å². The van der Waals surface area contributed by atoms with E-state index in [1.165, 1.54) is 66.7 Å². The minimum Gasteiger partial charge on any atom is -0.365 e. The van der Waals surface area contributed by atoms with Gasteiger partial charge in [0.05, 0.1) is 28.1 Å². The summed E-state index contributed by atoms with van der Waals surface area (Å²) in [5.41, 5.74) is 13.6. The van der Waals surface area contributed by atoms with Crippen LogP contribution in [0.5, 0.6) is 0 Å². The molecule has 4 nitrogen and oxygen atoms in total. The highest BCUT2D eigenvalue weighted by Gasteiger charge is 2.28. The molecule has 0 saturated heterocycles. The molecular formula is C58H43FN4. The minimum absolute atomic E-state index is 0.0510. The van der Waals surface area contributed by atoms with Gasteiger partial charge in [-0.15, -0.1) is 0 Å². The standard InChI is InChI=1S/C54H37FN4.C4H6/c55-39-23-27-41(28-24-39)59-50-30-22-38(33-46(50)52-42-13-5-4-10-34(42)20-31-51(52)59)37-21-29-49-45(32-37)43-14-7-9-17-48(43)58(49)40-25-18-36(19-26-40)54-56-47-16-8-6-15-44(47)53(57-54)35-11-2-1-3-12-35;1-3-4-2/h1-33,47,54,56-57H;3-4H,1-2H2. The second kappa shape index (κ2) is 15.8. The Bertz CT molecular complexity index is 3490. The third-order valence-electron chi connectivity index (χ3n) is 12.4. The number of aromatic nitrogens is 2. The second-order valence-corrected chi connectivity index (χ2v) is 16.0. The summed E-state index contributed by atoms with van der Waals surface area (Å²) in [5, 5.41) is 14.8. The first-order chi connectivity index (χ1) is 31.1. The molecule has 302 valence electrons. The molecule has 0 saturated carbocycles. The van der Waals surface area contributed by atoms with Crippen LogP contribution in [0.4, 0.5) is 4.39 Å². The number of halogens is 1. The number of fused-ring (bicyclic) bond motifs is 9. The van der Waals surface area contributed by atoms with Crippen molar-refractivity contribution in [3.63, 3.8) is 0 Å². The Morgan fingerprint density at radius 3 is 1.86 bits per heavy atom. The number of benzene rings is 8. The summed E-state index contributed by atoms with van der Waals surface area (Å²) in [6.45, 7) is 6.72. The molecule has 0 radical (unpaired) electrons. The fraction of sp³-hybridized carbons (Fsp3) is 0.0345. The van der Waals surface area contributed by atoms with Crippen molar-refractivity contribution in [3.05, 3.63) is 248 Å². The van der Waals surface area contributed by atoms with E-state index >= 15 is 0 Å². The number of hydrogen-bond donors (Lipinski definition) is 2. The summed E-state index contributed by atoms with van der Waals surface area (Å²) in [4.78, 5) is 0. The molecule has 0 fully saturated rings. The molecule has 1 aliphatic carbocycles. The third kappa shape index (κ3) is 6.58. The molecule has 2 aromatic heterocycles. The van der Waals surface area contributed by atoms with E-state index in [-0.39, 0.29) is 18.0 Å². The molecule has 1 aliphatic heterocycles. The van der Waals surface area contributed by atoms with Gasteiger partial charge in [0, 0.05) is 38.6 Å². The van der Waals surface area contributed by atoms with Crippen molar-refractivity contribution in [1.29, 1.82) is 0 Å². The number of allylic oxidation sites excluding steroid dienone is 4. The first-order valence-corrected chi connectivity index (χ1v) is 21.3. The zero-order valence-electron chi connectivity index (χ0n) is 34.5.